The molecule has 0 bridgehead atoms. The molecule has 3 aliphatic rings. The predicted molar refractivity (Wildman–Crippen MR) is 122 cm³/mol. The van der Waals surface area contributed by atoms with Crippen molar-refractivity contribution in [2.24, 2.45) is 16.9 Å². The Morgan fingerprint density at radius 3 is 2.45 bits per heavy atom. The van der Waals surface area contributed by atoms with Crippen LogP contribution in [0.4, 0.5) is 0 Å². The number of hydrazone groups is 1. The van der Waals surface area contributed by atoms with Gasteiger partial charge in [0.2, 0.25) is 12.2 Å². The Kier molecular flexibility index (Phi) is 8.02. The molecule has 2 heterocycles. The molecule has 3 rings (SSSR count). The quantitative estimate of drug-likeness (QED) is 0.333. The van der Waals surface area contributed by atoms with Crippen molar-refractivity contribution in [3.8, 4) is 0 Å². The Morgan fingerprint density at radius 1 is 1.19 bits per heavy atom. The molecule has 31 heavy (non-hydrogen) atoms. The molecule has 1 unspecified atom stereocenters. The first-order valence-electron chi connectivity index (χ1n) is 11.5. The van der Waals surface area contributed by atoms with Crippen LogP contribution in [0.25, 0.3) is 0 Å². The van der Waals surface area contributed by atoms with E-state index < -0.39 is 17.2 Å². The van der Waals surface area contributed by atoms with E-state index in [2.05, 4.69) is 34.6 Å². The van der Waals surface area contributed by atoms with Crippen LogP contribution in [0.5, 0.6) is 0 Å². The van der Waals surface area contributed by atoms with E-state index in [0.29, 0.717) is 37.6 Å². The number of carbonyl (C=O) groups excluding carboxylic acids is 3. The number of rotatable bonds is 8. The highest BCUT2D eigenvalue weighted by molar-refractivity contribution is 8.14. The summed E-state index contributed by atoms with van der Waals surface area (Å²) >= 11 is 1.57. The maximum absolute atomic E-state index is 13.7. The summed E-state index contributed by atoms with van der Waals surface area (Å²) in [6.07, 6.45) is 6.69. The first-order valence-corrected chi connectivity index (χ1v) is 12.5. The molecule has 0 spiro atoms. The second kappa shape index (κ2) is 10.3. The summed E-state index contributed by atoms with van der Waals surface area (Å²) in [6, 6.07) is 0. The van der Waals surface area contributed by atoms with Crippen molar-refractivity contribution in [3.63, 3.8) is 0 Å². The Hall–Kier alpha value is -1.61. The molecule has 3 fully saturated rings. The summed E-state index contributed by atoms with van der Waals surface area (Å²) in [4.78, 5) is 40.6. The molecular weight excluding hydrogens is 416 g/mol. The minimum atomic E-state index is -1.19. The molecule has 2 saturated heterocycles. The largest absolute Gasteiger partial charge is 0.381 e. The molecule has 174 valence electrons. The average Bonchev–Trinajstić information content (AvgIpc) is 3.09. The molecule has 1 saturated carbocycles. The van der Waals surface area contributed by atoms with Crippen molar-refractivity contribution in [2.75, 3.05) is 25.5 Å². The van der Waals surface area contributed by atoms with Gasteiger partial charge < -0.3 is 15.0 Å². The fourth-order valence-corrected chi connectivity index (χ4v) is 6.74. The van der Waals surface area contributed by atoms with Crippen LogP contribution in [-0.4, -0.2) is 64.8 Å². The van der Waals surface area contributed by atoms with Gasteiger partial charge in [0.15, 0.2) is 5.17 Å². The van der Waals surface area contributed by atoms with Crippen LogP contribution in [0.1, 0.15) is 65.7 Å². The van der Waals surface area contributed by atoms with Gasteiger partial charge in [-0.3, -0.25) is 14.4 Å². The van der Waals surface area contributed by atoms with E-state index in [1.165, 1.54) is 0 Å². The van der Waals surface area contributed by atoms with Gasteiger partial charge in [-0.15, -0.1) is 5.10 Å². The lowest BCUT2D eigenvalue weighted by molar-refractivity contribution is -0.148. The number of nitrogens with zero attached hydrogens (tertiary/aromatic N) is 2. The van der Waals surface area contributed by atoms with Gasteiger partial charge in [0.05, 0.1) is 0 Å². The zero-order valence-corrected chi connectivity index (χ0v) is 19.8. The molecule has 1 atom stereocenters. The molecule has 0 aromatic heterocycles. The maximum Gasteiger partial charge on any atom is 0.310 e. The number of hydrogen-bond donors (Lipinski definition) is 2. The van der Waals surface area contributed by atoms with Crippen LogP contribution in [-0.2, 0) is 19.1 Å². The van der Waals surface area contributed by atoms with Crippen LogP contribution >= 0.6 is 11.8 Å². The monoisotopic (exact) mass is 452 g/mol. The lowest BCUT2D eigenvalue weighted by atomic mass is 9.63. The second-order valence-corrected chi connectivity index (χ2v) is 10.3. The third kappa shape index (κ3) is 4.92. The van der Waals surface area contributed by atoms with E-state index >= 15 is 0 Å². The van der Waals surface area contributed by atoms with Gasteiger partial charge in [-0.1, -0.05) is 31.0 Å². The summed E-state index contributed by atoms with van der Waals surface area (Å²) in [7, 11) is 0. The Balaban J connectivity index is 1.85. The third-order valence-corrected chi connectivity index (χ3v) is 8.50. The number of amides is 2. The number of ether oxygens (including phenoxy) is 1. The number of Topliss-reactive ketones (excluding diaryl/α,β-unsaturated/α-hetero) is 1. The highest BCUT2D eigenvalue weighted by Gasteiger charge is 2.53. The van der Waals surface area contributed by atoms with Crippen LogP contribution in [0.3, 0.4) is 0 Å². The van der Waals surface area contributed by atoms with Gasteiger partial charge in [0, 0.05) is 31.1 Å². The van der Waals surface area contributed by atoms with Crippen molar-refractivity contribution in [2.45, 2.75) is 76.8 Å². The smallest absolute Gasteiger partial charge is 0.310 e. The zero-order valence-electron chi connectivity index (χ0n) is 18.9. The summed E-state index contributed by atoms with van der Waals surface area (Å²) in [5, 5.41) is 7.88. The van der Waals surface area contributed by atoms with Crippen molar-refractivity contribution in [1.29, 1.82) is 0 Å². The fourth-order valence-electron chi connectivity index (χ4n) is 5.46. The third-order valence-electron chi connectivity index (χ3n) is 7.08. The minimum absolute atomic E-state index is 0.0487. The van der Waals surface area contributed by atoms with Crippen LogP contribution in [0.2, 0.25) is 0 Å². The van der Waals surface area contributed by atoms with Gasteiger partial charge in [-0.05, 0) is 58.3 Å². The van der Waals surface area contributed by atoms with Gasteiger partial charge in [0.25, 0.3) is 0 Å². The van der Waals surface area contributed by atoms with E-state index in [9.17, 15) is 14.4 Å². The molecule has 0 aromatic carbocycles. The van der Waals surface area contributed by atoms with E-state index in [-0.39, 0.29) is 17.4 Å². The lowest BCUT2D eigenvalue weighted by Gasteiger charge is -2.46. The zero-order chi connectivity index (χ0) is 22.5. The molecule has 2 amide bonds. The Morgan fingerprint density at radius 2 is 1.84 bits per heavy atom. The SMILES string of the molecule is CCN1C(=NNC(=O)C(=O)C(NC=O)(C2CCCCC2)C2CCOCC2)SCC1(C)C. The molecule has 9 heteroatoms. The van der Waals surface area contributed by atoms with Crippen LogP contribution in [0, 0.1) is 11.8 Å². The summed E-state index contributed by atoms with van der Waals surface area (Å²) in [5.74, 6) is -0.627. The van der Waals surface area contributed by atoms with Gasteiger partial charge in [-0.25, -0.2) is 5.43 Å². The molecule has 2 N–H and O–H groups in total. The lowest BCUT2D eigenvalue weighted by Crippen LogP contribution is -2.66. The number of carbonyl (C=O) groups is 3. The maximum atomic E-state index is 13.7. The normalized spacial score (nSPS) is 25.8. The highest BCUT2D eigenvalue weighted by Crippen LogP contribution is 2.41. The van der Waals surface area contributed by atoms with Crippen molar-refractivity contribution in [1.82, 2.24) is 15.6 Å². The number of hydrogen-bond acceptors (Lipinski definition) is 6. The molecule has 8 nitrogen and oxygen atoms in total. The van der Waals surface area contributed by atoms with Crippen molar-refractivity contribution >= 4 is 35.0 Å². The summed E-state index contributed by atoms with van der Waals surface area (Å²) in [6.45, 7) is 8.15. The van der Waals surface area contributed by atoms with E-state index in [0.717, 1.165) is 44.4 Å². The van der Waals surface area contributed by atoms with Crippen molar-refractivity contribution in [3.05, 3.63) is 0 Å². The summed E-state index contributed by atoms with van der Waals surface area (Å²) < 4.78 is 5.50. The fraction of sp³-hybridized carbons (Fsp3) is 0.818. The van der Waals surface area contributed by atoms with Crippen molar-refractivity contribution < 1.29 is 19.1 Å². The van der Waals surface area contributed by atoms with E-state index in [1.807, 2.05) is 6.92 Å². The topological polar surface area (TPSA) is 100 Å². The van der Waals surface area contributed by atoms with Crippen LogP contribution in [0.15, 0.2) is 5.10 Å². The molecule has 0 aromatic rings. The van der Waals surface area contributed by atoms with Gasteiger partial charge in [0.1, 0.15) is 5.54 Å². The van der Waals surface area contributed by atoms with E-state index in [4.69, 9.17) is 4.74 Å². The van der Waals surface area contributed by atoms with Crippen LogP contribution < -0.4 is 10.7 Å². The molecule has 1 aliphatic carbocycles. The average molecular weight is 453 g/mol. The number of nitrogens with one attached hydrogen (secondary N) is 2. The Bertz CT molecular complexity index is 682. The predicted octanol–water partition coefficient (Wildman–Crippen LogP) is 2.28. The second-order valence-electron chi connectivity index (χ2n) is 9.36. The number of thioether (sulfide) groups is 1. The number of amidine groups is 1. The highest BCUT2D eigenvalue weighted by atomic mass is 32.2. The first-order chi connectivity index (χ1) is 14.9. The standard InChI is InChI=1S/C22H36N4O4S/c1-4-26-20(31-14-21(26,2)3)25-24-19(29)18(28)22(23-15-27,16-8-6-5-7-9-16)17-10-12-30-13-11-17/h15-17H,4-14H2,1-3H3,(H,23,27)(H,24,29). The minimum Gasteiger partial charge on any atom is -0.381 e. The molecule has 0 radical (unpaired) electrons. The summed E-state index contributed by atoms with van der Waals surface area (Å²) in [5.41, 5.74) is 1.27. The molecule has 2 aliphatic heterocycles. The Labute approximate surface area is 189 Å². The molecular formula is C22H36N4O4S. The number of ketones is 1. The van der Waals surface area contributed by atoms with E-state index in [1.54, 1.807) is 11.8 Å². The van der Waals surface area contributed by atoms with Gasteiger partial charge in [-0.2, -0.15) is 0 Å². The first kappa shape index (κ1) is 24.0. The van der Waals surface area contributed by atoms with Gasteiger partial charge >= 0.3 is 5.91 Å².